The molecule has 9 rings (SSSR count). The third kappa shape index (κ3) is 7.55. The Balaban J connectivity index is 0.000000234. The van der Waals surface area contributed by atoms with Crippen molar-refractivity contribution in [2.75, 3.05) is 0 Å². The van der Waals surface area contributed by atoms with E-state index in [0.717, 1.165) is 56.8 Å². The van der Waals surface area contributed by atoms with Gasteiger partial charge >= 0.3 is 20.1 Å². The molecule has 0 aliphatic heterocycles. The van der Waals surface area contributed by atoms with Crippen LogP contribution in [0.3, 0.4) is 0 Å². The Morgan fingerprint density at radius 3 is 2.36 bits per heavy atom. The average Bonchev–Trinajstić information content (AvgIpc) is 3.56. The van der Waals surface area contributed by atoms with Crippen molar-refractivity contribution in [2.24, 2.45) is 5.41 Å². The van der Waals surface area contributed by atoms with Crippen LogP contribution in [0, 0.1) is 32.3 Å². The molecule has 0 N–H and O–H groups in total. The quantitative estimate of drug-likeness (QED) is 0.100. The third-order valence-electron chi connectivity index (χ3n) is 11.2. The van der Waals surface area contributed by atoms with Gasteiger partial charge in [-0.2, -0.15) is 18.6 Å². The monoisotopic (exact) mass is 903 g/mol. The Kier molecular flexibility index (Phi) is 9.11. The van der Waals surface area contributed by atoms with Crippen LogP contribution < -0.4 is 4.57 Å². The first-order chi connectivity index (χ1) is 27.4. The van der Waals surface area contributed by atoms with Crippen LogP contribution in [0.25, 0.3) is 66.0 Å². The van der Waals surface area contributed by atoms with Gasteiger partial charge < -0.3 is 14.0 Å². The minimum atomic E-state index is -2.35. The van der Waals surface area contributed by atoms with Crippen molar-refractivity contribution in [2.45, 2.75) is 78.5 Å². The molecule has 0 amide bonds. The minimum Gasteiger partial charge on any atom is -0.501 e. The van der Waals surface area contributed by atoms with Crippen LogP contribution in [-0.2, 0) is 25.5 Å². The number of rotatable bonds is 3. The first kappa shape index (κ1) is 33.4. The SMILES string of the molecule is [2H]C([2H])([2H])c1cnc(-c2[c-]ccc3c2oc2cc4c(ccc5ccccc54)cc23)cc1C1([2H])CCC(C)(C)CC1.[CH2-]c1ccccc1-c1ccc(C(C)(C)C)c[n+]1[CH2-].[Ir+3]. The van der Waals surface area contributed by atoms with Crippen molar-refractivity contribution < 1.29 is 34.6 Å². The number of nitrogens with zero attached hydrogens (tertiary/aromatic N) is 2. The number of fused-ring (bicyclic) bond motifs is 6. The van der Waals surface area contributed by atoms with Crippen molar-refractivity contribution in [3.05, 3.63) is 158 Å². The zero-order valence-electron chi connectivity index (χ0n) is 36.3. The van der Waals surface area contributed by atoms with Crippen molar-refractivity contribution in [3.63, 3.8) is 0 Å². The maximum absolute atomic E-state index is 9.41. The zero-order valence-corrected chi connectivity index (χ0v) is 34.7. The molecular weight excluding hydrogens is 849 g/mol. The van der Waals surface area contributed by atoms with Crippen molar-refractivity contribution in [3.8, 4) is 22.5 Å². The molecule has 1 fully saturated rings. The van der Waals surface area contributed by atoms with Crippen LogP contribution in [-0.4, -0.2) is 4.98 Å². The van der Waals surface area contributed by atoms with E-state index in [2.05, 4.69) is 127 Å². The van der Waals surface area contributed by atoms with Crippen molar-refractivity contribution in [1.29, 1.82) is 0 Å². The zero-order chi connectivity index (χ0) is 41.2. The van der Waals surface area contributed by atoms with Crippen LogP contribution >= 0.6 is 0 Å². The van der Waals surface area contributed by atoms with Gasteiger partial charge in [-0.1, -0.05) is 106 Å². The topological polar surface area (TPSA) is 29.9 Å². The minimum absolute atomic E-state index is 0. The van der Waals surface area contributed by atoms with Crippen LogP contribution in [0.4, 0.5) is 0 Å². The van der Waals surface area contributed by atoms with E-state index < -0.39 is 12.7 Å². The Morgan fingerprint density at radius 2 is 1.62 bits per heavy atom. The summed E-state index contributed by atoms with van der Waals surface area (Å²) in [5.74, 6) is -0.975. The molecule has 0 saturated heterocycles. The summed E-state index contributed by atoms with van der Waals surface area (Å²) in [6.07, 6.45) is 6.53. The third-order valence-corrected chi connectivity index (χ3v) is 11.2. The fourth-order valence-corrected chi connectivity index (χ4v) is 7.82. The van der Waals surface area contributed by atoms with E-state index in [1.54, 1.807) is 0 Å². The van der Waals surface area contributed by atoms with Crippen molar-refractivity contribution >= 4 is 43.5 Å². The summed E-state index contributed by atoms with van der Waals surface area (Å²) in [6, 6.07) is 38.3. The molecular formula is C51H50IrN2O+. The molecule has 3 nitrogen and oxygen atoms in total. The maximum atomic E-state index is 9.41. The Hall–Kier alpha value is -4.89. The second-order valence-electron chi connectivity index (χ2n) is 16.6. The summed E-state index contributed by atoms with van der Waals surface area (Å²) in [4.78, 5) is 4.61. The van der Waals surface area contributed by atoms with Crippen LogP contribution in [0.2, 0.25) is 0 Å². The molecule has 3 aromatic heterocycles. The average molecular weight is 903 g/mol. The number of furan rings is 1. The van der Waals surface area contributed by atoms with E-state index in [9.17, 15) is 1.37 Å². The van der Waals surface area contributed by atoms with Crippen LogP contribution in [0.1, 0.15) is 93.9 Å². The first-order valence-corrected chi connectivity index (χ1v) is 18.9. The van der Waals surface area contributed by atoms with E-state index in [-0.39, 0.29) is 36.5 Å². The van der Waals surface area contributed by atoms with Crippen molar-refractivity contribution in [1.82, 2.24) is 4.98 Å². The molecule has 1 aliphatic rings. The van der Waals surface area contributed by atoms with Gasteiger partial charge in [0, 0.05) is 24.1 Å². The van der Waals surface area contributed by atoms with E-state index >= 15 is 0 Å². The predicted octanol–water partition coefficient (Wildman–Crippen LogP) is 13.5. The molecule has 4 heteroatoms. The second kappa shape index (κ2) is 15.0. The molecule has 0 atom stereocenters. The van der Waals surface area contributed by atoms with Gasteiger partial charge in [0.2, 0.25) is 0 Å². The number of aryl methyl sites for hydroxylation is 1. The number of hydrogen-bond donors (Lipinski definition) is 0. The van der Waals surface area contributed by atoms with Gasteiger partial charge in [0.15, 0.2) is 0 Å². The molecule has 55 heavy (non-hydrogen) atoms. The fourth-order valence-electron chi connectivity index (χ4n) is 7.82. The largest absolute Gasteiger partial charge is 3.00 e. The molecule has 1 saturated carbocycles. The van der Waals surface area contributed by atoms with Gasteiger partial charge in [0.25, 0.3) is 0 Å². The molecule has 0 bridgehead atoms. The maximum Gasteiger partial charge on any atom is 3.00 e. The summed E-state index contributed by atoms with van der Waals surface area (Å²) in [5.41, 5.74) is 8.26. The Morgan fingerprint density at radius 1 is 0.873 bits per heavy atom. The molecule has 8 aromatic rings. The standard InChI is InChI=1S/C34H30NO.C17H20N.Ir/c1-21-20-35-31(18-28(21)23-13-15-34(2,3)16-14-23)27-10-6-9-26-30-17-24-12-11-22-7-4-5-8-25(22)29(24)19-32(30)36-33(26)27;1-13-8-6-7-9-15(13)16-11-10-14(12-18(16)5)17(2,3)4;/h4-9,11-12,17-20,23H,13-16H2,1-3H3;6-12H,1,5H2,2-4H3;/q2*-1;+3/i1D3,23D;;. The molecule has 0 spiro atoms. The Labute approximate surface area is 345 Å². The number of hydrogen-bond acceptors (Lipinski definition) is 2. The predicted molar refractivity (Wildman–Crippen MR) is 227 cm³/mol. The van der Waals surface area contributed by atoms with Gasteiger partial charge in [-0.3, -0.25) is 0 Å². The summed E-state index contributed by atoms with van der Waals surface area (Å²) in [7, 11) is 4.10. The van der Waals surface area contributed by atoms with E-state index in [4.69, 9.17) is 8.53 Å². The summed E-state index contributed by atoms with van der Waals surface area (Å²) in [5, 5.41) is 6.61. The summed E-state index contributed by atoms with van der Waals surface area (Å²) in [6.45, 7) is 12.8. The smallest absolute Gasteiger partial charge is 0.501 e. The number of pyridine rings is 2. The normalized spacial score (nSPS) is 16.4. The van der Waals surface area contributed by atoms with E-state index in [1.807, 2.05) is 47.0 Å². The first-order valence-electron chi connectivity index (χ1n) is 20.9. The second-order valence-corrected chi connectivity index (χ2v) is 16.6. The van der Waals surface area contributed by atoms with Gasteiger partial charge in [-0.25, -0.2) is 0 Å². The molecule has 3 heterocycles. The molecule has 1 aliphatic carbocycles. The van der Waals surface area contributed by atoms with Crippen LogP contribution in [0.15, 0.2) is 120 Å². The number of aromatic nitrogens is 2. The fraction of sp³-hybridized carbons (Fsp3) is 0.255. The van der Waals surface area contributed by atoms with E-state index in [0.29, 0.717) is 35.2 Å². The van der Waals surface area contributed by atoms with E-state index in [1.165, 1.54) is 22.5 Å². The van der Waals surface area contributed by atoms with Gasteiger partial charge in [0.05, 0.1) is 17.5 Å². The summed E-state index contributed by atoms with van der Waals surface area (Å²) < 4.78 is 42.4. The van der Waals surface area contributed by atoms with Gasteiger partial charge in [-0.05, 0) is 105 Å². The molecule has 5 aromatic carbocycles. The number of benzene rings is 5. The Bertz CT molecular complexity index is 2840. The van der Waals surface area contributed by atoms with Gasteiger partial charge in [-0.15, -0.1) is 35.9 Å². The molecule has 278 valence electrons. The van der Waals surface area contributed by atoms with Crippen LogP contribution in [0.5, 0.6) is 0 Å². The molecule has 0 unspecified atom stereocenters. The van der Waals surface area contributed by atoms with Gasteiger partial charge in [0.1, 0.15) is 5.58 Å². The summed E-state index contributed by atoms with van der Waals surface area (Å²) >= 11 is 0. The molecule has 0 radical (unpaired) electrons.